The number of likely N-dealkylation sites (N-methyl/N-ethyl adjacent to an activating group) is 1. The van der Waals surface area contributed by atoms with Crippen molar-refractivity contribution < 1.29 is 9.18 Å². The van der Waals surface area contributed by atoms with Crippen molar-refractivity contribution in [1.82, 2.24) is 0 Å². The van der Waals surface area contributed by atoms with Gasteiger partial charge in [0.25, 0.3) is 0 Å². The first-order valence-electron chi connectivity index (χ1n) is 5.46. The Morgan fingerprint density at radius 3 is 2.71 bits per heavy atom. The molecular weight excluding hydrogens is 287 g/mol. The molecule has 0 spiro atoms. The van der Waals surface area contributed by atoms with Gasteiger partial charge in [-0.2, -0.15) is 0 Å². The van der Waals surface area contributed by atoms with Crippen LogP contribution < -0.4 is 10.2 Å². The number of rotatable bonds is 1. The van der Waals surface area contributed by atoms with Crippen LogP contribution in [0.25, 0.3) is 0 Å². The van der Waals surface area contributed by atoms with E-state index in [1.54, 1.807) is 6.07 Å². The molecule has 92 valence electrons. The third-order valence-electron chi connectivity index (χ3n) is 3.12. The van der Waals surface area contributed by atoms with Crippen molar-refractivity contribution in [2.75, 3.05) is 16.8 Å². The minimum Gasteiger partial charge on any atom is -0.356 e. The molecule has 0 aromatic heterocycles. The number of fused-ring (bicyclic) bond motifs is 1. The van der Waals surface area contributed by atoms with Crippen LogP contribution in [-0.2, 0) is 4.79 Å². The average molecular weight is 301 g/mol. The molecule has 0 atom stereocenters. The first-order chi connectivity index (χ1) is 7.87. The molecule has 5 heteroatoms. The first-order valence-corrected chi connectivity index (χ1v) is 6.25. The summed E-state index contributed by atoms with van der Waals surface area (Å²) in [6.45, 7) is 6.37. The highest BCUT2D eigenvalue weighted by Gasteiger charge is 2.39. The molecule has 0 saturated heterocycles. The van der Waals surface area contributed by atoms with Crippen LogP contribution in [0.5, 0.6) is 0 Å². The van der Waals surface area contributed by atoms with Gasteiger partial charge in [0.15, 0.2) is 0 Å². The van der Waals surface area contributed by atoms with Crippen LogP contribution in [0.3, 0.4) is 0 Å². The maximum atomic E-state index is 13.4. The zero-order valence-corrected chi connectivity index (χ0v) is 11.6. The zero-order chi connectivity index (χ0) is 12.8. The van der Waals surface area contributed by atoms with Gasteiger partial charge in [-0.05, 0) is 42.8 Å². The fourth-order valence-electron chi connectivity index (χ4n) is 2.12. The third kappa shape index (κ3) is 1.82. The number of halogens is 2. The summed E-state index contributed by atoms with van der Waals surface area (Å²) in [6.07, 6.45) is 0. The molecule has 0 saturated carbocycles. The molecule has 1 heterocycles. The Labute approximate surface area is 108 Å². The number of hydrogen-bond donors (Lipinski definition) is 1. The van der Waals surface area contributed by atoms with Crippen molar-refractivity contribution in [1.29, 1.82) is 0 Å². The van der Waals surface area contributed by atoms with Crippen molar-refractivity contribution in [3.05, 3.63) is 22.4 Å². The number of carbonyl (C=O) groups excluding carboxylic acids is 1. The molecule has 0 radical (unpaired) electrons. The molecule has 0 bridgehead atoms. The van der Waals surface area contributed by atoms with E-state index in [-0.39, 0.29) is 11.7 Å². The number of amides is 1. The van der Waals surface area contributed by atoms with E-state index >= 15 is 0 Å². The second-order valence-corrected chi connectivity index (χ2v) is 5.40. The second kappa shape index (κ2) is 3.98. The summed E-state index contributed by atoms with van der Waals surface area (Å²) in [4.78, 5) is 13.9. The summed E-state index contributed by atoms with van der Waals surface area (Å²) in [5.74, 6) is -0.492. The van der Waals surface area contributed by atoms with Crippen molar-refractivity contribution >= 4 is 33.2 Å². The largest absolute Gasteiger partial charge is 0.356 e. The highest BCUT2D eigenvalue weighted by atomic mass is 79.9. The van der Waals surface area contributed by atoms with Crippen LogP contribution in [0, 0.1) is 5.82 Å². The molecule has 1 amide bonds. The lowest BCUT2D eigenvalue weighted by molar-refractivity contribution is -0.120. The topological polar surface area (TPSA) is 32.3 Å². The number of carbonyl (C=O) groups is 1. The lowest BCUT2D eigenvalue weighted by Crippen LogP contribution is -2.56. The van der Waals surface area contributed by atoms with Crippen molar-refractivity contribution in [2.45, 2.75) is 26.3 Å². The predicted octanol–water partition coefficient (Wildman–Crippen LogP) is 3.15. The summed E-state index contributed by atoms with van der Waals surface area (Å²) in [7, 11) is 0. The lowest BCUT2D eigenvalue weighted by Gasteiger charge is -2.43. The van der Waals surface area contributed by atoms with E-state index in [0.29, 0.717) is 16.7 Å². The van der Waals surface area contributed by atoms with Gasteiger partial charge in [0.1, 0.15) is 11.4 Å². The van der Waals surface area contributed by atoms with Crippen molar-refractivity contribution in [2.24, 2.45) is 0 Å². The molecule has 1 aromatic carbocycles. The highest BCUT2D eigenvalue weighted by molar-refractivity contribution is 9.10. The number of nitrogens with zero attached hydrogens (tertiary/aromatic N) is 1. The fraction of sp³-hybridized carbons (Fsp3) is 0.417. The first kappa shape index (κ1) is 12.4. The third-order valence-corrected chi connectivity index (χ3v) is 3.73. The quantitative estimate of drug-likeness (QED) is 0.864. The normalized spacial score (nSPS) is 17.7. The van der Waals surface area contributed by atoms with E-state index in [2.05, 4.69) is 21.2 Å². The van der Waals surface area contributed by atoms with Gasteiger partial charge in [-0.3, -0.25) is 4.79 Å². The van der Waals surface area contributed by atoms with E-state index in [4.69, 9.17) is 0 Å². The fourth-order valence-corrected chi connectivity index (χ4v) is 2.46. The number of anilines is 2. The SMILES string of the molecule is CCN1c2cc(Br)c(F)cc2NC(=O)C1(C)C. The Hall–Kier alpha value is -1.10. The molecule has 1 aliphatic heterocycles. The maximum Gasteiger partial charge on any atom is 0.249 e. The Kier molecular flexibility index (Phi) is 2.89. The molecule has 0 unspecified atom stereocenters. The number of nitrogens with one attached hydrogen (secondary N) is 1. The van der Waals surface area contributed by atoms with Gasteiger partial charge < -0.3 is 10.2 Å². The minimum absolute atomic E-state index is 0.117. The van der Waals surface area contributed by atoms with E-state index in [9.17, 15) is 9.18 Å². The van der Waals surface area contributed by atoms with E-state index < -0.39 is 5.54 Å². The summed E-state index contributed by atoms with van der Waals surface area (Å²) in [5, 5.41) is 2.74. The van der Waals surface area contributed by atoms with Crippen molar-refractivity contribution in [3.63, 3.8) is 0 Å². The molecular formula is C12H14BrFN2O. The van der Waals surface area contributed by atoms with Gasteiger partial charge >= 0.3 is 0 Å². The molecule has 3 nitrogen and oxygen atoms in total. The maximum absolute atomic E-state index is 13.4. The summed E-state index contributed by atoms with van der Waals surface area (Å²) >= 11 is 3.17. The second-order valence-electron chi connectivity index (χ2n) is 4.54. The van der Waals surface area contributed by atoms with Crippen LogP contribution in [0.15, 0.2) is 16.6 Å². The molecule has 1 N–H and O–H groups in total. The Morgan fingerprint density at radius 2 is 2.12 bits per heavy atom. The standard InChI is InChI=1S/C12H14BrFN2O/c1-4-16-10-5-7(13)8(14)6-9(10)15-11(17)12(16,2)3/h5-6H,4H2,1-3H3,(H,15,17). The Bertz CT molecular complexity index is 488. The smallest absolute Gasteiger partial charge is 0.249 e. The number of hydrogen-bond acceptors (Lipinski definition) is 2. The van der Waals surface area contributed by atoms with Crippen LogP contribution in [0.1, 0.15) is 20.8 Å². The Balaban J connectivity index is 2.62. The van der Waals surface area contributed by atoms with Gasteiger partial charge in [-0.25, -0.2) is 4.39 Å². The van der Waals surface area contributed by atoms with Gasteiger partial charge in [0.05, 0.1) is 15.8 Å². The molecule has 0 aliphatic carbocycles. The molecule has 17 heavy (non-hydrogen) atoms. The summed E-state index contributed by atoms with van der Waals surface area (Å²) in [6, 6.07) is 3.05. The monoisotopic (exact) mass is 300 g/mol. The number of benzene rings is 1. The van der Waals surface area contributed by atoms with Gasteiger partial charge in [0.2, 0.25) is 5.91 Å². The van der Waals surface area contributed by atoms with Gasteiger partial charge in [-0.15, -0.1) is 0 Å². The van der Waals surface area contributed by atoms with Crippen LogP contribution in [0.2, 0.25) is 0 Å². The predicted molar refractivity (Wildman–Crippen MR) is 69.8 cm³/mol. The lowest BCUT2D eigenvalue weighted by atomic mass is 9.96. The zero-order valence-electron chi connectivity index (χ0n) is 9.97. The molecule has 1 aromatic rings. The average Bonchev–Trinajstić information content (AvgIpc) is 2.23. The van der Waals surface area contributed by atoms with Crippen LogP contribution in [0.4, 0.5) is 15.8 Å². The molecule has 1 aliphatic rings. The van der Waals surface area contributed by atoms with Gasteiger partial charge in [0, 0.05) is 12.6 Å². The van der Waals surface area contributed by atoms with Crippen LogP contribution >= 0.6 is 15.9 Å². The van der Waals surface area contributed by atoms with Gasteiger partial charge in [-0.1, -0.05) is 0 Å². The Morgan fingerprint density at radius 1 is 1.47 bits per heavy atom. The van der Waals surface area contributed by atoms with E-state index in [0.717, 1.165) is 5.69 Å². The van der Waals surface area contributed by atoms with Crippen LogP contribution in [-0.4, -0.2) is 18.0 Å². The molecule has 2 rings (SSSR count). The highest BCUT2D eigenvalue weighted by Crippen LogP contribution is 2.39. The van der Waals surface area contributed by atoms with Crippen molar-refractivity contribution in [3.8, 4) is 0 Å². The van der Waals surface area contributed by atoms with E-state index in [1.807, 2.05) is 25.7 Å². The van der Waals surface area contributed by atoms with E-state index in [1.165, 1.54) is 6.07 Å². The molecule has 0 fully saturated rings. The minimum atomic E-state index is -0.626. The summed E-state index contributed by atoms with van der Waals surface area (Å²) in [5.41, 5.74) is 0.737. The summed E-state index contributed by atoms with van der Waals surface area (Å²) < 4.78 is 13.8.